The van der Waals surface area contributed by atoms with Crippen LogP contribution >= 0.6 is 0 Å². The molecule has 126 valence electrons. The molecule has 24 heavy (non-hydrogen) atoms. The highest BCUT2D eigenvalue weighted by Gasteiger charge is 2.22. The number of likely N-dealkylation sites (tertiary alicyclic amines) is 1. The van der Waals surface area contributed by atoms with E-state index >= 15 is 0 Å². The number of hydrogen-bond acceptors (Lipinski definition) is 3. The van der Waals surface area contributed by atoms with Gasteiger partial charge in [0.25, 0.3) is 0 Å². The lowest BCUT2D eigenvalue weighted by molar-refractivity contribution is -0.141. The molecule has 1 aromatic heterocycles. The number of nitrogens with zero attached hydrogens (tertiary/aromatic N) is 4. The number of piperidine rings is 1. The fourth-order valence-electron chi connectivity index (χ4n) is 2.84. The van der Waals surface area contributed by atoms with Crippen molar-refractivity contribution >= 4 is 11.8 Å². The van der Waals surface area contributed by atoms with Crippen LogP contribution in [-0.4, -0.2) is 51.5 Å². The molecule has 1 aliphatic heterocycles. The van der Waals surface area contributed by atoms with Crippen molar-refractivity contribution in [2.24, 2.45) is 0 Å². The summed E-state index contributed by atoms with van der Waals surface area (Å²) in [5, 5.41) is 4.34. The fraction of sp³-hybridized carbons (Fsp3) is 0.389. The van der Waals surface area contributed by atoms with Crippen molar-refractivity contribution in [3.8, 4) is 5.69 Å². The summed E-state index contributed by atoms with van der Waals surface area (Å²) in [7, 11) is 1.76. The molecule has 1 fully saturated rings. The lowest BCUT2D eigenvalue weighted by Gasteiger charge is -2.28. The number of amides is 2. The van der Waals surface area contributed by atoms with E-state index in [1.807, 2.05) is 36.5 Å². The molecule has 2 aromatic rings. The second-order valence-electron chi connectivity index (χ2n) is 6.15. The van der Waals surface area contributed by atoms with Crippen LogP contribution in [0.1, 0.15) is 24.8 Å². The molecular weight excluding hydrogens is 304 g/mol. The summed E-state index contributed by atoms with van der Waals surface area (Å²) in [4.78, 5) is 27.5. The van der Waals surface area contributed by atoms with Crippen LogP contribution in [0.5, 0.6) is 0 Å². The van der Waals surface area contributed by atoms with Crippen molar-refractivity contribution in [3.05, 3.63) is 48.3 Å². The molecule has 0 radical (unpaired) electrons. The molecule has 3 rings (SSSR count). The Labute approximate surface area is 141 Å². The number of aromatic nitrogens is 2. The fourth-order valence-corrected chi connectivity index (χ4v) is 2.84. The van der Waals surface area contributed by atoms with Gasteiger partial charge < -0.3 is 9.80 Å². The van der Waals surface area contributed by atoms with E-state index < -0.39 is 0 Å². The number of carbonyl (C=O) groups excluding carboxylic acids is 2. The summed E-state index contributed by atoms with van der Waals surface area (Å²) in [6.45, 7) is 1.33. The van der Waals surface area contributed by atoms with Gasteiger partial charge in [-0.1, -0.05) is 18.2 Å². The molecule has 0 bridgehead atoms. The maximum absolute atomic E-state index is 12.3. The monoisotopic (exact) mass is 326 g/mol. The molecule has 1 aromatic carbocycles. The first-order chi connectivity index (χ1) is 11.6. The van der Waals surface area contributed by atoms with E-state index in [1.54, 1.807) is 27.7 Å². The van der Waals surface area contributed by atoms with Gasteiger partial charge in [0.1, 0.15) is 0 Å². The van der Waals surface area contributed by atoms with Crippen LogP contribution in [0.3, 0.4) is 0 Å². The Balaban J connectivity index is 1.58. The maximum atomic E-state index is 12.3. The molecule has 1 aliphatic rings. The molecule has 2 heterocycles. The lowest BCUT2D eigenvalue weighted by atomic mass is 10.1. The molecule has 2 amide bonds. The molecule has 6 nitrogen and oxygen atoms in total. The van der Waals surface area contributed by atoms with E-state index in [1.165, 1.54) is 0 Å². The average molecular weight is 326 g/mol. The largest absolute Gasteiger partial charge is 0.340 e. The van der Waals surface area contributed by atoms with Gasteiger partial charge >= 0.3 is 0 Å². The second kappa shape index (κ2) is 7.29. The summed E-state index contributed by atoms with van der Waals surface area (Å²) in [5.74, 6) is 0.0395. The quantitative estimate of drug-likeness (QED) is 0.842. The maximum Gasteiger partial charge on any atom is 0.242 e. The van der Waals surface area contributed by atoms with Gasteiger partial charge in [0, 0.05) is 38.3 Å². The van der Waals surface area contributed by atoms with E-state index in [4.69, 9.17) is 0 Å². The predicted octanol–water partition coefficient (Wildman–Crippen LogP) is 1.84. The minimum atomic E-state index is -0.0438. The van der Waals surface area contributed by atoms with Crippen LogP contribution in [0.2, 0.25) is 0 Å². The Morgan fingerprint density at radius 2 is 2.04 bits per heavy atom. The smallest absolute Gasteiger partial charge is 0.242 e. The molecule has 0 N–H and O–H groups in total. The predicted molar refractivity (Wildman–Crippen MR) is 90.5 cm³/mol. The zero-order valence-corrected chi connectivity index (χ0v) is 13.9. The van der Waals surface area contributed by atoms with Crippen LogP contribution in [-0.2, 0) is 16.1 Å². The highest BCUT2D eigenvalue weighted by molar-refractivity contribution is 5.85. The molecule has 0 aliphatic carbocycles. The van der Waals surface area contributed by atoms with Crippen molar-refractivity contribution < 1.29 is 9.59 Å². The first-order valence-corrected chi connectivity index (χ1v) is 8.24. The Bertz CT molecular complexity index is 711. The summed E-state index contributed by atoms with van der Waals surface area (Å²) >= 11 is 0. The van der Waals surface area contributed by atoms with Gasteiger partial charge in [-0.25, -0.2) is 4.68 Å². The Kier molecular flexibility index (Phi) is 4.93. The molecule has 0 unspecified atom stereocenters. The minimum absolute atomic E-state index is 0.0438. The van der Waals surface area contributed by atoms with E-state index in [0.29, 0.717) is 19.5 Å². The summed E-state index contributed by atoms with van der Waals surface area (Å²) in [6, 6.07) is 9.84. The SMILES string of the molecule is CN(Cc1cnn(-c2ccccc2)c1)C(=O)CN1CCCCC1=O. The lowest BCUT2D eigenvalue weighted by Crippen LogP contribution is -2.43. The third-order valence-corrected chi connectivity index (χ3v) is 4.25. The molecular formula is C18H22N4O2. The van der Waals surface area contributed by atoms with E-state index in [2.05, 4.69) is 5.10 Å². The van der Waals surface area contributed by atoms with Crippen molar-refractivity contribution in [2.45, 2.75) is 25.8 Å². The number of para-hydroxylation sites is 1. The van der Waals surface area contributed by atoms with Crippen LogP contribution in [0.15, 0.2) is 42.7 Å². The average Bonchev–Trinajstić information content (AvgIpc) is 3.06. The summed E-state index contributed by atoms with van der Waals surface area (Å²) in [6.07, 6.45) is 6.15. The van der Waals surface area contributed by atoms with Gasteiger partial charge in [-0.15, -0.1) is 0 Å². The second-order valence-corrected chi connectivity index (χ2v) is 6.15. The Morgan fingerprint density at radius 1 is 1.25 bits per heavy atom. The normalized spacial score (nSPS) is 14.7. The van der Waals surface area contributed by atoms with Crippen molar-refractivity contribution in [3.63, 3.8) is 0 Å². The zero-order chi connectivity index (χ0) is 16.9. The van der Waals surface area contributed by atoms with Gasteiger partial charge in [0.05, 0.1) is 18.4 Å². The third-order valence-electron chi connectivity index (χ3n) is 4.25. The first kappa shape index (κ1) is 16.2. The van der Waals surface area contributed by atoms with E-state index in [0.717, 1.165) is 24.1 Å². The number of likely N-dealkylation sites (N-methyl/N-ethyl adjacent to an activating group) is 1. The summed E-state index contributed by atoms with van der Waals surface area (Å²) < 4.78 is 1.79. The van der Waals surface area contributed by atoms with Crippen LogP contribution in [0, 0.1) is 0 Å². The van der Waals surface area contributed by atoms with Gasteiger partial charge in [0.15, 0.2) is 0 Å². The van der Waals surface area contributed by atoms with Crippen LogP contribution in [0.25, 0.3) is 5.69 Å². The third kappa shape index (κ3) is 3.82. The Hall–Kier alpha value is -2.63. The van der Waals surface area contributed by atoms with E-state index in [9.17, 15) is 9.59 Å². The molecule has 0 atom stereocenters. The van der Waals surface area contributed by atoms with Crippen LogP contribution in [0.4, 0.5) is 0 Å². The highest BCUT2D eigenvalue weighted by atomic mass is 16.2. The standard InChI is InChI=1S/C18H22N4O2/c1-20(18(24)14-21-10-6-5-9-17(21)23)12-15-11-19-22(13-15)16-7-3-2-4-8-16/h2-4,7-8,11,13H,5-6,9-10,12,14H2,1H3. The molecule has 0 spiro atoms. The van der Waals surface area contributed by atoms with Gasteiger partial charge in [-0.3, -0.25) is 9.59 Å². The van der Waals surface area contributed by atoms with E-state index in [-0.39, 0.29) is 18.4 Å². The molecule has 0 saturated carbocycles. The number of carbonyl (C=O) groups is 2. The van der Waals surface area contributed by atoms with Gasteiger partial charge in [-0.2, -0.15) is 5.10 Å². The number of rotatable bonds is 5. The number of hydrogen-bond donors (Lipinski definition) is 0. The van der Waals surface area contributed by atoms with Crippen molar-refractivity contribution in [1.29, 1.82) is 0 Å². The topological polar surface area (TPSA) is 58.4 Å². The van der Waals surface area contributed by atoms with Gasteiger partial charge in [-0.05, 0) is 25.0 Å². The first-order valence-electron chi connectivity index (χ1n) is 8.24. The summed E-state index contributed by atoms with van der Waals surface area (Å²) in [5.41, 5.74) is 1.94. The minimum Gasteiger partial charge on any atom is -0.340 e. The van der Waals surface area contributed by atoms with Crippen LogP contribution < -0.4 is 0 Å². The van der Waals surface area contributed by atoms with Crippen molar-refractivity contribution in [2.75, 3.05) is 20.1 Å². The highest BCUT2D eigenvalue weighted by Crippen LogP contribution is 2.12. The molecule has 6 heteroatoms. The molecule has 1 saturated heterocycles. The van der Waals surface area contributed by atoms with Crippen molar-refractivity contribution in [1.82, 2.24) is 19.6 Å². The zero-order valence-electron chi connectivity index (χ0n) is 13.9. The van der Waals surface area contributed by atoms with Gasteiger partial charge in [0.2, 0.25) is 11.8 Å². The number of benzene rings is 1. The Morgan fingerprint density at radius 3 is 2.79 bits per heavy atom.